The summed E-state index contributed by atoms with van der Waals surface area (Å²) in [4.78, 5) is 19.5. The van der Waals surface area contributed by atoms with E-state index in [-0.39, 0.29) is 13.0 Å². The van der Waals surface area contributed by atoms with E-state index in [1.54, 1.807) is 12.4 Å². The molecule has 3 saturated heterocycles. The fourth-order valence-electron chi connectivity index (χ4n) is 6.37. The number of imidazole rings is 1. The molecular weight excluding hydrogens is 502 g/mol. The summed E-state index contributed by atoms with van der Waals surface area (Å²) in [6.45, 7) is 11.1. The summed E-state index contributed by atoms with van der Waals surface area (Å²) in [7, 11) is 2.18. The first kappa shape index (κ1) is 29.6. The molecule has 0 amide bonds. The molecule has 4 N–H and O–H groups in total. The van der Waals surface area contributed by atoms with Crippen LogP contribution in [-0.2, 0) is 4.74 Å². The van der Waals surface area contributed by atoms with Crippen molar-refractivity contribution in [1.29, 1.82) is 0 Å². The molecule has 3 aliphatic heterocycles. The molecule has 1 spiro atoms. The Morgan fingerprint density at radius 1 is 0.825 bits per heavy atom. The van der Waals surface area contributed by atoms with Gasteiger partial charge < -0.3 is 35.5 Å². The van der Waals surface area contributed by atoms with Crippen LogP contribution in [0.1, 0.15) is 50.3 Å². The molecule has 0 unspecified atom stereocenters. The highest BCUT2D eigenvalue weighted by Crippen LogP contribution is 2.35. The van der Waals surface area contributed by atoms with Gasteiger partial charge in [-0.25, -0.2) is 4.98 Å². The molecule has 40 heavy (non-hydrogen) atoms. The summed E-state index contributed by atoms with van der Waals surface area (Å²) < 4.78 is 8.32. The van der Waals surface area contributed by atoms with Gasteiger partial charge in [-0.2, -0.15) is 0 Å². The van der Waals surface area contributed by atoms with Crippen LogP contribution in [0.5, 0.6) is 0 Å². The fourth-order valence-corrected chi connectivity index (χ4v) is 6.37. The van der Waals surface area contributed by atoms with Crippen molar-refractivity contribution >= 4 is 22.7 Å². The molecule has 3 aromatic rings. The topological polar surface area (TPSA) is 115 Å². The zero-order chi connectivity index (χ0) is 27.4. The van der Waals surface area contributed by atoms with Crippen molar-refractivity contribution in [1.82, 2.24) is 24.4 Å². The van der Waals surface area contributed by atoms with Crippen LogP contribution in [0.2, 0.25) is 0 Å². The Hall–Kier alpha value is -3.37. The van der Waals surface area contributed by atoms with Gasteiger partial charge in [0.25, 0.3) is 0 Å². The number of nitrogen functional groups attached to an aromatic ring is 2. The molecule has 3 aliphatic rings. The van der Waals surface area contributed by atoms with Gasteiger partial charge in [-0.3, -0.25) is 9.97 Å². The minimum absolute atomic E-state index is 0. The van der Waals surface area contributed by atoms with Gasteiger partial charge in [0, 0.05) is 70.1 Å². The van der Waals surface area contributed by atoms with E-state index in [1.165, 1.54) is 0 Å². The molecule has 0 aromatic carbocycles. The second-order valence-electron chi connectivity index (χ2n) is 11.3. The predicted octanol–water partition coefficient (Wildman–Crippen LogP) is 3.92. The zero-order valence-electron chi connectivity index (χ0n) is 23.6. The average Bonchev–Trinajstić information content (AvgIpc) is 3.46. The summed E-state index contributed by atoms with van der Waals surface area (Å²) in [6.07, 6.45) is 17.4. The average molecular weight is 550 g/mol. The molecule has 10 nitrogen and oxygen atoms in total. The molecule has 3 fully saturated rings. The predicted molar refractivity (Wildman–Crippen MR) is 164 cm³/mol. The number of aromatic nitrogens is 4. The van der Waals surface area contributed by atoms with E-state index in [0.29, 0.717) is 6.04 Å². The Balaban J connectivity index is 0.000000181. The second kappa shape index (κ2) is 12.9. The Kier molecular flexibility index (Phi) is 9.52. The molecule has 0 atom stereocenters. The Morgan fingerprint density at radius 2 is 1.40 bits per heavy atom. The van der Waals surface area contributed by atoms with E-state index in [0.717, 1.165) is 105 Å². The number of hydrogen-bond donors (Lipinski definition) is 2. The van der Waals surface area contributed by atoms with E-state index in [4.69, 9.17) is 16.2 Å². The standard InChI is InChI=1S/C15H24N4O.C14H19N5.CH4/c1-12-9-17-10-13(16)14(12)19-5-3-15(4-6-19)11-18(2)7-8-20-15;1-11-8-17-9-13(15)14(11)18-5-2-12(3-6-18)19-7-4-16-10-19;/h9-10H,3-8,11,16H2,1-2H3;4,7-10,12H,2-3,5-6,15H2,1H3;1H4. The minimum atomic E-state index is 0. The first-order valence-corrected chi connectivity index (χ1v) is 14.1. The molecule has 6 rings (SSSR count). The first-order valence-electron chi connectivity index (χ1n) is 14.1. The van der Waals surface area contributed by atoms with Gasteiger partial charge in [0.1, 0.15) is 0 Å². The number of pyridine rings is 2. The molecular formula is C30H47N9O. The number of rotatable bonds is 3. The van der Waals surface area contributed by atoms with Crippen LogP contribution in [0.25, 0.3) is 0 Å². The van der Waals surface area contributed by atoms with Crippen molar-refractivity contribution < 1.29 is 4.74 Å². The molecule has 6 heterocycles. The van der Waals surface area contributed by atoms with Gasteiger partial charge in [0.05, 0.1) is 53.7 Å². The third kappa shape index (κ3) is 6.50. The fraction of sp³-hybridized carbons (Fsp3) is 0.567. The largest absolute Gasteiger partial charge is 0.396 e. The lowest BCUT2D eigenvalue weighted by Gasteiger charge is -2.47. The van der Waals surface area contributed by atoms with Crippen LogP contribution in [0.15, 0.2) is 43.5 Å². The molecule has 0 bridgehead atoms. The molecule has 0 radical (unpaired) electrons. The monoisotopic (exact) mass is 549 g/mol. The van der Waals surface area contributed by atoms with E-state index in [1.807, 2.05) is 31.1 Å². The van der Waals surface area contributed by atoms with E-state index < -0.39 is 0 Å². The van der Waals surface area contributed by atoms with Crippen molar-refractivity contribution in [3.05, 3.63) is 54.6 Å². The maximum absolute atomic E-state index is 6.11. The summed E-state index contributed by atoms with van der Waals surface area (Å²) in [5.41, 5.74) is 18.4. The van der Waals surface area contributed by atoms with Gasteiger partial charge >= 0.3 is 0 Å². The normalized spacial score (nSPS) is 19.6. The highest BCUT2D eigenvalue weighted by molar-refractivity contribution is 5.71. The van der Waals surface area contributed by atoms with Gasteiger partial charge in [-0.15, -0.1) is 0 Å². The number of morpholine rings is 1. The van der Waals surface area contributed by atoms with Gasteiger partial charge in [0.2, 0.25) is 0 Å². The number of aryl methyl sites for hydroxylation is 2. The Morgan fingerprint density at radius 3 is 1.90 bits per heavy atom. The smallest absolute Gasteiger partial charge is 0.0948 e. The minimum Gasteiger partial charge on any atom is -0.396 e. The van der Waals surface area contributed by atoms with Gasteiger partial charge in [0.15, 0.2) is 0 Å². The van der Waals surface area contributed by atoms with Crippen LogP contribution >= 0.6 is 0 Å². The second-order valence-corrected chi connectivity index (χ2v) is 11.3. The molecule has 10 heteroatoms. The summed E-state index contributed by atoms with van der Waals surface area (Å²) in [6, 6.07) is 0.558. The summed E-state index contributed by atoms with van der Waals surface area (Å²) >= 11 is 0. The van der Waals surface area contributed by atoms with E-state index >= 15 is 0 Å². The van der Waals surface area contributed by atoms with Gasteiger partial charge in [-0.1, -0.05) is 7.43 Å². The molecule has 218 valence electrons. The molecule has 3 aromatic heterocycles. The molecule has 0 aliphatic carbocycles. The van der Waals surface area contributed by atoms with Crippen LogP contribution in [0, 0.1) is 13.8 Å². The van der Waals surface area contributed by atoms with Crippen molar-refractivity contribution in [3.8, 4) is 0 Å². The quantitative estimate of drug-likeness (QED) is 0.502. The lowest BCUT2D eigenvalue weighted by atomic mass is 9.89. The summed E-state index contributed by atoms with van der Waals surface area (Å²) in [5.74, 6) is 0. The maximum atomic E-state index is 6.11. The van der Waals surface area contributed by atoms with Crippen LogP contribution in [-0.4, -0.2) is 82.9 Å². The summed E-state index contributed by atoms with van der Waals surface area (Å²) in [5, 5.41) is 0. The lowest BCUT2D eigenvalue weighted by Crippen LogP contribution is -2.56. The van der Waals surface area contributed by atoms with Crippen LogP contribution < -0.4 is 21.3 Å². The van der Waals surface area contributed by atoms with E-state index in [2.05, 4.69) is 55.1 Å². The van der Waals surface area contributed by atoms with Crippen molar-refractivity contribution in [3.63, 3.8) is 0 Å². The zero-order valence-corrected chi connectivity index (χ0v) is 23.6. The van der Waals surface area contributed by atoms with Crippen molar-refractivity contribution in [2.24, 2.45) is 0 Å². The van der Waals surface area contributed by atoms with Gasteiger partial charge in [-0.05, 0) is 57.7 Å². The number of anilines is 4. The van der Waals surface area contributed by atoms with Crippen molar-refractivity contribution in [2.45, 2.75) is 58.6 Å². The lowest BCUT2D eigenvalue weighted by molar-refractivity contribution is -0.115. The number of hydrogen-bond acceptors (Lipinski definition) is 9. The number of nitrogens with two attached hydrogens (primary N) is 2. The maximum Gasteiger partial charge on any atom is 0.0948 e. The number of piperidine rings is 2. The third-order valence-corrected chi connectivity index (χ3v) is 8.41. The number of likely N-dealkylation sites (N-methyl/N-ethyl adjacent to an activating group) is 1. The van der Waals surface area contributed by atoms with Crippen LogP contribution in [0.3, 0.4) is 0 Å². The Labute approximate surface area is 239 Å². The first-order chi connectivity index (χ1) is 18.8. The van der Waals surface area contributed by atoms with Crippen LogP contribution in [0.4, 0.5) is 22.7 Å². The SMILES string of the molecule is C.Cc1cncc(N)c1N1CCC(n2ccnc2)CC1.Cc1cncc(N)c1N1CCC2(CC1)CN(C)CCO2. The third-order valence-electron chi connectivity index (χ3n) is 8.41. The number of ether oxygens (including phenoxy) is 1. The number of nitrogens with zero attached hydrogens (tertiary/aromatic N) is 7. The van der Waals surface area contributed by atoms with Crippen molar-refractivity contribution in [2.75, 3.05) is 74.2 Å². The highest BCUT2D eigenvalue weighted by atomic mass is 16.5. The van der Waals surface area contributed by atoms with E-state index in [9.17, 15) is 0 Å². The Bertz CT molecular complexity index is 1180. The highest BCUT2D eigenvalue weighted by Gasteiger charge is 2.39. The molecule has 0 saturated carbocycles.